The van der Waals surface area contributed by atoms with E-state index in [1.54, 1.807) is 6.20 Å². The molecule has 5 heteroatoms. The lowest BCUT2D eigenvalue weighted by Crippen LogP contribution is -2.30. The van der Waals surface area contributed by atoms with Gasteiger partial charge in [0.15, 0.2) is 0 Å². The molecule has 4 nitrogen and oxygen atoms in total. The van der Waals surface area contributed by atoms with Gasteiger partial charge in [0, 0.05) is 6.20 Å². The van der Waals surface area contributed by atoms with Crippen molar-refractivity contribution in [2.75, 3.05) is 6.61 Å². The van der Waals surface area contributed by atoms with Gasteiger partial charge in [-0.25, -0.2) is 4.39 Å². The van der Waals surface area contributed by atoms with Gasteiger partial charge in [-0.3, -0.25) is 9.78 Å². The fourth-order valence-electron chi connectivity index (χ4n) is 2.55. The first-order chi connectivity index (χ1) is 12.7. The molecule has 2 aromatic carbocycles. The minimum atomic E-state index is -0.323. The molecule has 0 aliphatic rings. The van der Waals surface area contributed by atoms with E-state index in [9.17, 15) is 9.18 Å². The Bertz CT molecular complexity index is 784. The summed E-state index contributed by atoms with van der Waals surface area (Å²) in [7, 11) is 0. The number of pyridine rings is 1. The summed E-state index contributed by atoms with van der Waals surface area (Å²) in [5, 5.41) is 3.00. The van der Waals surface area contributed by atoms with Crippen LogP contribution in [0.15, 0.2) is 79.0 Å². The third-order valence-corrected chi connectivity index (χ3v) is 3.83. The van der Waals surface area contributed by atoms with Gasteiger partial charge in [0.05, 0.1) is 24.8 Å². The van der Waals surface area contributed by atoms with Gasteiger partial charge >= 0.3 is 0 Å². The molecule has 3 rings (SSSR count). The van der Waals surface area contributed by atoms with E-state index in [1.165, 1.54) is 24.3 Å². The Morgan fingerprint density at radius 3 is 2.42 bits per heavy atom. The molecule has 3 aromatic rings. The lowest BCUT2D eigenvalue weighted by molar-refractivity contribution is -0.122. The summed E-state index contributed by atoms with van der Waals surface area (Å²) in [6, 6.07) is 20.7. The second kappa shape index (κ2) is 8.76. The predicted octanol–water partition coefficient (Wildman–Crippen LogP) is 3.90. The summed E-state index contributed by atoms with van der Waals surface area (Å²) in [6.45, 7) is 0.210. The van der Waals surface area contributed by atoms with Crippen LogP contribution in [-0.2, 0) is 4.79 Å². The zero-order valence-electron chi connectivity index (χ0n) is 14.1. The van der Waals surface area contributed by atoms with Crippen LogP contribution in [0.2, 0.25) is 0 Å². The average Bonchev–Trinajstić information content (AvgIpc) is 2.69. The maximum absolute atomic E-state index is 12.9. The Kier molecular flexibility index (Phi) is 5.93. The SMILES string of the molecule is O=C(CCOc1ccc(F)cc1)NC(c1ccccc1)c1ccccn1. The van der Waals surface area contributed by atoms with E-state index in [1.807, 2.05) is 48.5 Å². The molecule has 0 aliphatic heterocycles. The van der Waals surface area contributed by atoms with Crippen LogP contribution in [0.25, 0.3) is 0 Å². The van der Waals surface area contributed by atoms with Crippen molar-refractivity contribution in [3.8, 4) is 5.75 Å². The van der Waals surface area contributed by atoms with Crippen molar-refractivity contribution in [1.82, 2.24) is 10.3 Å². The Morgan fingerprint density at radius 1 is 1.00 bits per heavy atom. The van der Waals surface area contributed by atoms with Crippen LogP contribution in [0.5, 0.6) is 5.75 Å². The van der Waals surface area contributed by atoms with Gasteiger partial charge in [0.25, 0.3) is 0 Å². The van der Waals surface area contributed by atoms with E-state index in [0.29, 0.717) is 5.75 Å². The first-order valence-electron chi connectivity index (χ1n) is 8.36. The number of carbonyl (C=O) groups is 1. The molecular formula is C21H19FN2O2. The summed E-state index contributed by atoms with van der Waals surface area (Å²) in [6.07, 6.45) is 1.89. The third kappa shape index (κ3) is 4.89. The quantitative estimate of drug-likeness (QED) is 0.703. The molecule has 26 heavy (non-hydrogen) atoms. The fraction of sp³-hybridized carbons (Fsp3) is 0.143. The molecule has 1 N–H and O–H groups in total. The van der Waals surface area contributed by atoms with Crippen LogP contribution in [0.4, 0.5) is 4.39 Å². The van der Waals surface area contributed by atoms with Crippen LogP contribution in [0.3, 0.4) is 0 Å². The van der Waals surface area contributed by atoms with Crippen LogP contribution >= 0.6 is 0 Å². The summed E-state index contributed by atoms with van der Waals surface area (Å²) < 4.78 is 18.4. The van der Waals surface area contributed by atoms with Crippen LogP contribution in [0.1, 0.15) is 23.7 Å². The first kappa shape index (κ1) is 17.6. The molecule has 1 heterocycles. The Labute approximate surface area is 151 Å². The van der Waals surface area contributed by atoms with E-state index in [0.717, 1.165) is 11.3 Å². The number of amides is 1. The third-order valence-electron chi connectivity index (χ3n) is 3.83. The van der Waals surface area contributed by atoms with Gasteiger partial charge in [-0.15, -0.1) is 0 Å². The van der Waals surface area contributed by atoms with Crippen molar-refractivity contribution in [3.63, 3.8) is 0 Å². The highest BCUT2D eigenvalue weighted by Crippen LogP contribution is 2.20. The molecule has 1 atom stereocenters. The molecule has 1 amide bonds. The summed E-state index contributed by atoms with van der Waals surface area (Å²) in [5.74, 6) is 0.0614. The van der Waals surface area contributed by atoms with Crippen molar-refractivity contribution in [2.45, 2.75) is 12.5 Å². The van der Waals surface area contributed by atoms with E-state index in [4.69, 9.17) is 4.74 Å². The van der Waals surface area contributed by atoms with Crippen molar-refractivity contribution in [2.24, 2.45) is 0 Å². The molecule has 1 unspecified atom stereocenters. The smallest absolute Gasteiger partial charge is 0.224 e. The molecular weight excluding hydrogens is 331 g/mol. The zero-order chi connectivity index (χ0) is 18.2. The number of hydrogen-bond acceptors (Lipinski definition) is 3. The maximum Gasteiger partial charge on any atom is 0.224 e. The predicted molar refractivity (Wildman–Crippen MR) is 97.2 cm³/mol. The van der Waals surface area contributed by atoms with Crippen LogP contribution in [-0.4, -0.2) is 17.5 Å². The molecule has 0 saturated heterocycles. The largest absolute Gasteiger partial charge is 0.493 e. The van der Waals surface area contributed by atoms with Crippen LogP contribution in [0, 0.1) is 5.82 Å². The molecule has 0 bridgehead atoms. The second-order valence-corrected chi connectivity index (χ2v) is 5.72. The van der Waals surface area contributed by atoms with Gasteiger partial charge in [0.2, 0.25) is 5.91 Å². The molecule has 0 aliphatic carbocycles. The number of halogens is 1. The van der Waals surface area contributed by atoms with Crippen molar-refractivity contribution in [3.05, 3.63) is 96.1 Å². The molecule has 0 saturated carbocycles. The highest BCUT2D eigenvalue weighted by molar-refractivity contribution is 5.77. The number of nitrogens with zero attached hydrogens (tertiary/aromatic N) is 1. The molecule has 1 aromatic heterocycles. The van der Waals surface area contributed by atoms with Crippen molar-refractivity contribution < 1.29 is 13.9 Å². The number of carbonyl (C=O) groups excluding carboxylic acids is 1. The summed E-state index contributed by atoms with van der Waals surface area (Å²) in [4.78, 5) is 16.7. The maximum atomic E-state index is 12.9. The number of hydrogen-bond donors (Lipinski definition) is 1. The van der Waals surface area contributed by atoms with Gasteiger partial charge in [0.1, 0.15) is 11.6 Å². The second-order valence-electron chi connectivity index (χ2n) is 5.72. The van der Waals surface area contributed by atoms with Gasteiger partial charge in [-0.05, 0) is 42.0 Å². The monoisotopic (exact) mass is 350 g/mol. The lowest BCUT2D eigenvalue weighted by atomic mass is 10.0. The Hall–Kier alpha value is -3.21. The van der Waals surface area contributed by atoms with Gasteiger partial charge in [-0.2, -0.15) is 0 Å². The first-order valence-corrected chi connectivity index (χ1v) is 8.36. The molecule has 132 valence electrons. The molecule has 0 spiro atoms. The standard InChI is InChI=1S/C21H19FN2O2/c22-17-9-11-18(12-10-17)26-15-13-20(25)24-21(16-6-2-1-3-7-16)19-8-4-5-14-23-19/h1-12,14,21H,13,15H2,(H,24,25). The highest BCUT2D eigenvalue weighted by atomic mass is 19.1. The van der Waals surface area contributed by atoms with E-state index in [2.05, 4.69) is 10.3 Å². The van der Waals surface area contributed by atoms with Crippen molar-refractivity contribution >= 4 is 5.91 Å². The number of benzene rings is 2. The minimum absolute atomic E-state index is 0.147. The molecule has 0 fully saturated rings. The highest BCUT2D eigenvalue weighted by Gasteiger charge is 2.17. The minimum Gasteiger partial charge on any atom is -0.493 e. The number of aromatic nitrogens is 1. The Morgan fingerprint density at radius 2 is 1.73 bits per heavy atom. The zero-order valence-corrected chi connectivity index (χ0v) is 14.1. The number of ether oxygens (including phenoxy) is 1. The number of nitrogens with one attached hydrogen (secondary N) is 1. The van der Waals surface area contributed by atoms with Crippen LogP contribution < -0.4 is 10.1 Å². The average molecular weight is 350 g/mol. The Balaban J connectivity index is 1.61. The topological polar surface area (TPSA) is 51.2 Å². The fourth-order valence-corrected chi connectivity index (χ4v) is 2.55. The lowest BCUT2D eigenvalue weighted by Gasteiger charge is -2.19. The van der Waals surface area contributed by atoms with Gasteiger partial charge < -0.3 is 10.1 Å². The number of rotatable bonds is 7. The van der Waals surface area contributed by atoms with E-state index in [-0.39, 0.29) is 30.8 Å². The van der Waals surface area contributed by atoms with E-state index < -0.39 is 0 Å². The van der Waals surface area contributed by atoms with E-state index >= 15 is 0 Å². The summed E-state index contributed by atoms with van der Waals surface area (Å²) >= 11 is 0. The van der Waals surface area contributed by atoms with Crippen molar-refractivity contribution in [1.29, 1.82) is 0 Å². The molecule has 0 radical (unpaired) electrons. The van der Waals surface area contributed by atoms with Gasteiger partial charge in [-0.1, -0.05) is 36.4 Å². The summed E-state index contributed by atoms with van der Waals surface area (Å²) in [5.41, 5.74) is 1.73. The normalized spacial score (nSPS) is 11.6.